The molecule has 0 atom stereocenters. The normalized spacial score (nSPS) is 10.1. The number of nitro groups is 1. The molecule has 0 unspecified atom stereocenters. The molecule has 0 radical (unpaired) electrons. The number of halogens is 1. The average molecular weight is 266 g/mol. The van der Waals surface area contributed by atoms with Gasteiger partial charge in [-0.25, -0.2) is 0 Å². The van der Waals surface area contributed by atoms with Gasteiger partial charge in [-0.1, -0.05) is 17.7 Å². The van der Waals surface area contributed by atoms with Crippen LogP contribution in [0.25, 0.3) is 0 Å². The molecule has 0 N–H and O–H groups in total. The Balaban J connectivity index is 2.34. The Morgan fingerprint density at radius 3 is 2.67 bits per heavy atom. The molecule has 0 aliphatic heterocycles. The fourth-order valence-electron chi connectivity index (χ4n) is 1.33. The Kier molecular flexibility index (Phi) is 3.38. The number of rotatable bonds is 3. The van der Waals surface area contributed by atoms with E-state index in [4.69, 9.17) is 16.3 Å². The Morgan fingerprint density at radius 1 is 1.28 bits per heavy atom. The number of aromatic nitrogens is 2. The summed E-state index contributed by atoms with van der Waals surface area (Å²) < 4.78 is 5.31. The second-order valence-electron chi connectivity index (χ2n) is 3.52. The van der Waals surface area contributed by atoms with Crippen molar-refractivity contribution in [2.45, 2.75) is 6.92 Å². The van der Waals surface area contributed by atoms with Crippen molar-refractivity contribution in [1.29, 1.82) is 0 Å². The van der Waals surface area contributed by atoms with Crippen molar-refractivity contribution in [3.63, 3.8) is 0 Å². The summed E-state index contributed by atoms with van der Waals surface area (Å²) in [5.74, 6) is 0.258. The van der Waals surface area contributed by atoms with Crippen molar-refractivity contribution in [3.05, 3.63) is 51.2 Å². The van der Waals surface area contributed by atoms with Crippen LogP contribution >= 0.6 is 11.6 Å². The maximum atomic E-state index is 10.9. The van der Waals surface area contributed by atoms with Crippen LogP contribution < -0.4 is 4.74 Å². The SMILES string of the molecule is Cc1ccc(Oc2ccc(Cl)nn2)c([N+](=O)[O-])c1. The van der Waals surface area contributed by atoms with Crippen LogP contribution in [0.3, 0.4) is 0 Å². The molecule has 7 heteroatoms. The summed E-state index contributed by atoms with van der Waals surface area (Å²) in [5.41, 5.74) is 0.656. The van der Waals surface area contributed by atoms with Gasteiger partial charge in [0.2, 0.25) is 11.6 Å². The van der Waals surface area contributed by atoms with Gasteiger partial charge in [-0.3, -0.25) is 10.1 Å². The topological polar surface area (TPSA) is 78.2 Å². The van der Waals surface area contributed by atoms with E-state index < -0.39 is 4.92 Å². The van der Waals surface area contributed by atoms with Gasteiger partial charge in [0, 0.05) is 12.1 Å². The maximum absolute atomic E-state index is 10.9. The summed E-state index contributed by atoms with van der Waals surface area (Å²) in [7, 11) is 0. The van der Waals surface area contributed by atoms with E-state index in [0.29, 0.717) is 0 Å². The first-order valence-electron chi connectivity index (χ1n) is 4.98. The lowest BCUT2D eigenvalue weighted by atomic mass is 10.2. The molecule has 1 heterocycles. The van der Waals surface area contributed by atoms with Crippen molar-refractivity contribution in [1.82, 2.24) is 10.2 Å². The molecule has 0 bridgehead atoms. The van der Waals surface area contributed by atoms with Gasteiger partial charge in [-0.05, 0) is 24.6 Å². The van der Waals surface area contributed by atoms with Gasteiger partial charge in [-0.15, -0.1) is 10.2 Å². The highest BCUT2D eigenvalue weighted by Gasteiger charge is 2.16. The Hall–Kier alpha value is -2.21. The van der Waals surface area contributed by atoms with Gasteiger partial charge in [0.15, 0.2) is 5.15 Å². The fraction of sp³-hybridized carbons (Fsp3) is 0.0909. The quantitative estimate of drug-likeness (QED) is 0.629. The summed E-state index contributed by atoms with van der Waals surface area (Å²) in [6.45, 7) is 1.76. The Morgan fingerprint density at radius 2 is 2.06 bits per heavy atom. The van der Waals surface area contributed by atoms with E-state index >= 15 is 0 Å². The molecule has 6 nitrogen and oxygen atoms in total. The van der Waals surface area contributed by atoms with Crippen molar-refractivity contribution in [3.8, 4) is 11.6 Å². The van der Waals surface area contributed by atoms with Crippen LogP contribution in [0, 0.1) is 17.0 Å². The van der Waals surface area contributed by atoms with E-state index in [0.717, 1.165) is 5.56 Å². The lowest BCUT2D eigenvalue weighted by Crippen LogP contribution is -1.96. The van der Waals surface area contributed by atoms with Crippen LogP contribution in [0.4, 0.5) is 5.69 Å². The van der Waals surface area contributed by atoms with Crippen LogP contribution in [0.2, 0.25) is 5.15 Å². The smallest absolute Gasteiger partial charge is 0.311 e. The summed E-state index contributed by atoms with van der Waals surface area (Å²) in [5, 5.41) is 18.4. The lowest BCUT2D eigenvalue weighted by Gasteiger charge is -2.05. The van der Waals surface area contributed by atoms with Crippen molar-refractivity contribution in [2.75, 3.05) is 0 Å². The summed E-state index contributed by atoms with van der Waals surface area (Å²) in [4.78, 5) is 10.4. The number of ether oxygens (including phenoxy) is 1. The molecule has 18 heavy (non-hydrogen) atoms. The number of hydrogen-bond acceptors (Lipinski definition) is 5. The molecule has 2 rings (SSSR count). The molecule has 0 saturated heterocycles. The number of nitrogens with zero attached hydrogens (tertiary/aromatic N) is 3. The van der Waals surface area contributed by atoms with E-state index in [-0.39, 0.29) is 22.5 Å². The highest BCUT2D eigenvalue weighted by molar-refractivity contribution is 6.29. The second-order valence-corrected chi connectivity index (χ2v) is 3.91. The van der Waals surface area contributed by atoms with E-state index in [1.807, 2.05) is 0 Å². The number of benzene rings is 1. The van der Waals surface area contributed by atoms with Gasteiger partial charge in [0.1, 0.15) is 0 Å². The highest BCUT2D eigenvalue weighted by atomic mass is 35.5. The standard InChI is InChI=1S/C11H8ClN3O3/c1-7-2-3-9(8(6-7)15(16)17)18-11-5-4-10(12)13-14-11/h2-6H,1H3. The summed E-state index contributed by atoms with van der Waals surface area (Å²) in [6.07, 6.45) is 0. The largest absolute Gasteiger partial charge is 0.430 e. The molecular weight excluding hydrogens is 258 g/mol. The minimum absolute atomic E-state index is 0.113. The summed E-state index contributed by atoms with van der Waals surface area (Å²) in [6, 6.07) is 7.64. The molecule has 2 aromatic rings. The second kappa shape index (κ2) is 4.97. The van der Waals surface area contributed by atoms with Crippen molar-refractivity contribution >= 4 is 17.3 Å². The molecular formula is C11H8ClN3O3. The van der Waals surface area contributed by atoms with Gasteiger partial charge >= 0.3 is 5.69 Å². The van der Waals surface area contributed by atoms with Gasteiger partial charge < -0.3 is 4.74 Å². The van der Waals surface area contributed by atoms with E-state index in [2.05, 4.69) is 10.2 Å². The zero-order valence-electron chi connectivity index (χ0n) is 9.33. The van der Waals surface area contributed by atoms with Gasteiger partial charge in [0.05, 0.1) is 4.92 Å². The predicted molar refractivity (Wildman–Crippen MR) is 64.9 cm³/mol. The third kappa shape index (κ3) is 2.72. The van der Waals surface area contributed by atoms with Crippen molar-refractivity contribution < 1.29 is 9.66 Å². The van der Waals surface area contributed by atoms with Gasteiger partial charge in [-0.2, -0.15) is 0 Å². The minimum Gasteiger partial charge on any atom is -0.430 e. The van der Waals surface area contributed by atoms with Crippen molar-refractivity contribution in [2.24, 2.45) is 0 Å². The number of hydrogen-bond donors (Lipinski definition) is 0. The molecule has 0 fully saturated rings. The van der Waals surface area contributed by atoms with Crippen LogP contribution in [-0.4, -0.2) is 15.1 Å². The van der Waals surface area contributed by atoms with E-state index in [9.17, 15) is 10.1 Å². The van der Waals surface area contributed by atoms with Gasteiger partial charge in [0.25, 0.3) is 0 Å². The zero-order valence-corrected chi connectivity index (χ0v) is 10.1. The average Bonchev–Trinajstić information content (AvgIpc) is 2.34. The van der Waals surface area contributed by atoms with Crippen LogP contribution in [0.15, 0.2) is 30.3 Å². The van der Waals surface area contributed by atoms with E-state index in [1.54, 1.807) is 13.0 Å². The zero-order chi connectivity index (χ0) is 13.1. The Bertz CT molecular complexity index is 587. The summed E-state index contributed by atoms with van der Waals surface area (Å²) >= 11 is 5.58. The number of nitro benzene ring substituents is 1. The molecule has 1 aromatic carbocycles. The molecule has 92 valence electrons. The molecule has 0 saturated carbocycles. The molecule has 1 aromatic heterocycles. The molecule has 0 aliphatic rings. The van der Waals surface area contributed by atoms with Crippen LogP contribution in [-0.2, 0) is 0 Å². The van der Waals surface area contributed by atoms with E-state index in [1.165, 1.54) is 24.3 Å². The first kappa shape index (κ1) is 12.3. The fourth-order valence-corrected chi connectivity index (χ4v) is 1.43. The predicted octanol–water partition coefficient (Wildman–Crippen LogP) is 3.14. The molecule has 0 amide bonds. The van der Waals surface area contributed by atoms with Crippen LogP contribution in [0.5, 0.6) is 11.6 Å². The monoisotopic (exact) mass is 265 g/mol. The maximum Gasteiger partial charge on any atom is 0.311 e. The third-order valence-corrected chi connectivity index (χ3v) is 2.33. The minimum atomic E-state index is -0.508. The first-order valence-corrected chi connectivity index (χ1v) is 5.36. The number of aryl methyl sites for hydroxylation is 1. The molecule has 0 aliphatic carbocycles. The molecule has 0 spiro atoms. The third-order valence-electron chi connectivity index (χ3n) is 2.13. The highest BCUT2D eigenvalue weighted by Crippen LogP contribution is 2.31. The lowest BCUT2D eigenvalue weighted by molar-refractivity contribution is -0.385. The Labute approximate surface area is 107 Å². The van der Waals surface area contributed by atoms with Crippen LogP contribution in [0.1, 0.15) is 5.56 Å². The first-order chi connectivity index (χ1) is 8.56.